The van der Waals surface area contributed by atoms with E-state index < -0.39 is 0 Å². The van der Waals surface area contributed by atoms with Crippen molar-refractivity contribution in [2.24, 2.45) is 0 Å². The molecule has 0 aliphatic carbocycles. The quantitative estimate of drug-likeness (QED) is 0.535. The lowest BCUT2D eigenvalue weighted by atomic mass is 10.1. The number of hydrogen-bond acceptors (Lipinski definition) is 4. The smallest absolute Gasteiger partial charge is 0.248 e. The van der Waals surface area contributed by atoms with Gasteiger partial charge in [-0.05, 0) is 24.6 Å². The maximum Gasteiger partial charge on any atom is 0.248 e. The number of piperazine rings is 1. The number of aromatic nitrogens is 3. The molecule has 0 saturated carbocycles. The van der Waals surface area contributed by atoms with E-state index in [0.717, 1.165) is 15.7 Å². The minimum atomic E-state index is -0.351. The van der Waals surface area contributed by atoms with Crippen LogP contribution in [0.3, 0.4) is 0 Å². The van der Waals surface area contributed by atoms with Gasteiger partial charge in [-0.2, -0.15) is 5.10 Å². The Kier molecular flexibility index (Phi) is 4.80. The van der Waals surface area contributed by atoms with Gasteiger partial charge in [-0.25, -0.2) is 9.07 Å². The van der Waals surface area contributed by atoms with Gasteiger partial charge in [0.15, 0.2) is 0 Å². The zero-order chi connectivity index (χ0) is 19.8. The molecule has 1 saturated heterocycles. The van der Waals surface area contributed by atoms with E-state index in [0.29, 0.717) is 42.4 Å². The van der Waals surface area contributed by atoms with Crippen LogP contribution in [0, 0.1) is 12.7 Å². The average Bonchev–Trinajstić information content (AvgIpc) is 3.07. The summed E-state index contributed by atoms with van der Waals surface area (Å²) in [6, 6.07) is 4.81. The minimum Gasteiger partial charge on any atom is -0.366 e. The van der Waals surface area contributed by atoms with Crippen molar-refractivity contribution in [3.8, 4) is 0 Å². The van der Waals surface area contributed by atoms with Gasteiger partial charge in [0.25, 0.3) is 0 Å². The van der Waals surface area contributed by atoms with Crippen LogP contribution in [-0.4, -0.2) is 52.0 Å². The lowest BCUT2D eigenvalue weighted by molar-refractivity contribution is -0.904. The van der Waals surface area contributed by atoms with Gasteiger partial charge in [0.2, 0.25) is 18.3 Å². The number of hydrogen-bond donors (Lipinski definition) is 1. The molecule has 9 heteroatoms. The Balaban J connectivity index is 1.43. The molecule has 1 aliphatic rings. The van der Waals surface area contributed by atoms with E-state index in [2.05, 4.69) is 5.10 Å². The highest BCUT2D eigenvalue weighted by Gasteiger charge is 2.24. The van der Waals surface area contributed by atoms with Crippen molar-refractivity contribution in [1.82, 2.24) is 14.7 Å². The number of pyridine rings is 1. The van der Waals surface area contributed by atoms with Crippen LogP contribution in [0.2, 0.25) is 5.02 Å². The van der Waals surface area contributed by atoms with Crippen molar-refractivity contribution in [1.29, 1.82) is 0 Å². The van der Waals surface area contributed by atoms with E-state index in [-0.39, 0.29) is 18.3 Å². The molecule has 2 aromatic heterocycles. The van der Waals surface area contributed by atoms with Crippen LogP contribution < -0.4 is 9.63 Å². The van der Waals surface area contributed by atoms with Gasteiger partial charge in [-0.1, -0.05) is 11.6 Å². The Hall–Kier alpha value is -2.87. The van der Waals surface area contributed by atoms with E-state index in [1.807, 2.05) is 11.8 Å². The Morgan fingerprint density at radius 3 is 2.82 bits per heavy atom. The highest BCUT2D eigenvalue weighted by molar-refractivity contribution is 6.31. The maximum absolute atomic E-state index is 14.3. The van der Waals surface area contributed by atoms with E-state index in [9.17, 15) is 14.4 Å². The van der Waals surface area contributed by atoms with Crippen LogP contribution in [0.15, 0.2) is 36.8 Å². The van der Waals surface area contributed by atoms with Crippen LogP contribution in [0.5, 0.6) is 0 Å². The van der Waals surface area contributed by atoms with Gasteiger partial charge >= 0.3 is 0 Å². The number of rotatable bonds is 3. The number of fused-ring (bicyclic) bond motifs is 1. The molecular formula is C19H20ClFN5O2+. The normalized spacial score (nSPS) is 14.7. The zero-order valence-corrected chi connectivity index (χ0v) is 16.1. The van der Waals surface area contributed by atoms with Crippen molar-refractivity contribution in [3.63, 3.8) is 0 Å². The Labute approximate surface area is 166 Å². The highest BCUT2D eigenvalue weighted by atomic mass is 35.5. The monoisotopic (exact) mass is 404 g/mol. The summed E-state index contributed by atoms with van der Waals surface area (Å²) in [6.07, 6.45) is 4.68. The molecule has 0 bridgehead atoms. The van der Waals surface area contributed by atoms with Crippen molar-refractivity contribution >= 4 is 34.1 Å². The van der Waals surface area contributed by atoms with Crippen molar-refractivity contribution in [3.05, 3.63) is 53.2 Å². The van der Waals surface area contributed by atoms with Gasteiger partial charge in [0.1, 0.15) is 17.9 Å². The number of anilines is 1. The van der Waals surface area contributed by atoms with Crippen LogP contribution in [-0.2, 0) is 11.3 Å². The molecule has 1 aliphatic heterocycles. The van der Waals surface area contributed by atoms with Crippen molar-refractivity contribution in [2.45, 2.75) is 13.5 Å². The van der Waals surface area contributed by atoms with Gasteiger partial charge in [0, 0.05) is 47.4 Å². The summed E-state index contributed by atoms with van der Waals surface area (Å²) in [4.78, 5) is 16.4. The molecule has 7 nitrogen and oxygen atoms in total. The number of carbonyl (C=O) groups is 1. The Bertz CT molecular complexity index is 1050. The second-order valence-electron chi connectivity index (χ2n) is 6.89. The van der Waals surface area contributed by atoms with E-state index in [1.54, 1.807) is 27.9 Å². The fraction of sp³-hybridized carbons (Fsp3) is 0.316. The third-order valence-corrected chi connectivity index (χ3v) is 5.46. The number of benzene rings is 1. The standard InChI is InChI=1S/C19H20ClFN5O2/c1-13-8-17(16(21)9-15(13)20)23-4-6-24(7-5-23)19(27)12-26-18-11-25(28)3-2-14(18)10-22-26/h2-3,8-11,28H,4-7,12H2,1H3/q+1. The Morgan fingerprint density at radius 2 is 2.07 bits per heavy atom. The van der Waals surface area contributed by atoms with Gasteiger partial charge in [-0.15, -0.1) is 0 Å². The number of aryl methyl sites for hydroxylation is 1. The van der Waals surface area contributed by atoms with E-state index in [1.165, 1.54) is 18.5 Å². The van der Waals surface area contributed by atoms with Crippen LogP contribution in [0.4, 0.5) is 10.1 Å². The number of amides is 1. The molecule has 4 rings (SSSR count). The fourth-order valence-corrected chi connectivity index (χ4v) is 3.59. The van der Waals surface area contributed by atoms with Crippen LogP contribution in [0.1, 0.15) is 5.56 Å². The summed E-state index contributed by atoms with van der Waals surface area (Å²) in [5.74, 6) is -0.415. The topological polar surface area (TPSA) is 65.5 Å². The van der Waals surface area contributed by atoms with Gasteiger partial charge < -0.3 is 9.80 Å². The number of carbonyl (C=O) groups excluding carboxylic acids is 1. The van der Waals surface area contributed by atoms with E-state index >= 15 is 0 Å². The summed E-state index contributed by atoms with van der Waals surface area (Å²) in [5, 5.41) is 15.1. The molecule has 1 amide bonds. The molecule has 1 N–H and O–H groups in total. The van der Waals surface area contributed by atoms with Crippen LogP contribution in [0.25, 0.3) is 10.9 Å². The molecule has 28 heavy (non-hydrogen) atoms. The largest absolute Gasteiger partial charge is 0.366 e. The molecule has 0 atom stereocenters. The second-order valence-corrected chi connectivity index (χ2v) is 7.30. The molecule has 0 spiro atoms. The predicted octanol–water partition coefficient (Wildman–Crippen LogP) is 2.01. The maximum atomic E-state index is 14.3. The zero-order valence-electron chi connectivity index (χ0n) is 15.3. The summed E-state index contributed by atoms with van der Waals surface area (Å²) in [5.41, 5.74) is 2.01. The summed E-state index contributed by atoms with van der Waals surface area (Å²) >= 11 is 5.97. The van der Waals surface area contributed by atoms with Crippen molar-refractivity contribution < 1.29 is 19.1 Å². The summed E-state index contributed by atoms with van der Waals surface area (Å²) in [7, 11) is 0. The number of nitrogens with zero attached hydrogens (tertiary/aromatic N) is 5. The lowest BCUT2D eigenvalue weighted by Gasteiger charge is -2.36. The van der Waals surface area contributed by atoms with Gasteiger partial charge in [-0.3, -0.25) is 10.0 Å². The second kappa shape index (κ2) is 7.27. The minimum absolute atomic E-state index is 0.0641. The summed E-state index contributed by atoms with van der Waals surface area (Å²) < 4.78 is 16.8. The van der Waals surface area contributed by atoms with E-state index in [4.69, 9.17) is 11.6 Å². The first kappa shape index (κ1) is 18.5. The highest BCUT2D eigenvalue weighted by Crippen LogP contribution is 2.27. The van der Waals surface area contributed by atoms with Gasteiger partial charge in [0.05, 0.1) is 11.9 Å². The molecule has 1 aromatic carbocycles. The molecule has 0 radical (unpaired) electrons. The first-order valence-electron chi connectivity index (χ1n) is 8.97. The SMILES string of the molecule is Cc1cc(N2CCN(C(=O)Cn3ncc4cc[n+](O)cc43)CC2)c(F)cc1Cl. The van der Waals surface area contributed by atoms with Crippen LogP contribution >= 0.6 is 11.6 Å². The molecule has 1 fully saturated rings. The predicted molar refractivity (Wildman–Crippen MR) is 102 cm³/mol. The molecule has 3 heterocycles. The lowest BCUT2D eigenvalue weighted by Crippen LogP contribution is -2.50. The fourth-order valence-electron chi connectivity index (χ4n) is 3.44. The molecular weight excluding hydrogens is 385 g/mol. The Morgan fingerprint density at radius 1 is 1.32 bits per heavy atom. The first-order chi connectivity index (χ1) is 13.4. The van der Waals surface area contributed by atoms with Crippen molar-refractivity contribution in [2.75, 3.05) is 31.1 Å². The average molecular weight is 405 g/mol. The summed E-state index contributed by atoms with van der Waals surface area (Å²) in [6.45, 7) is 4.01. The molecule has 146 valence electrons. The third-order valence-electron chi connectivity index (χ3n) is 5.06. The first-order valence-corrected chi connectivity index (χ1v) is 9.34. The number of halogens is 2. The molecule has 3 aromatic rings. The molecule has 0 unspecified atom stereocenters. The third kappa shape index (κ3) is 3.47.